The molecule has 0 spiro atoms. The van der Waals surface area contributed by atoms with Crippen molar-refractivity contribution < 1.29 is 23.8 Å². The smallest absolute Gasteiger partial charge is 0.312 e. The number of nitrogens with zero attached hydrogens (tertiary/aromatic N) is 4. The summed E-state index contributed by atoms with van der Waals surface area (Å²) in [6.45, 7) is 3.50. The molecule has 5 rings (SSSR count). The molecule has 4 aromatic rings. The minimum absolute atomic E-state index is 0.0321. The first-order valence-corrected chi connectivity index (χ1v) is 12.7. The first kappa shape index (κ1) is 25.9. The maximum absolute atomic E-state index is 12.6. The molecule has 0 aliphatic heterocycles. The Bertz CT molecular complexity index is 1600. The quantitative estimate of drug-likeness (QED) is 0.198. The zero-order chi connectivity index (χ0) is 27.7. The second kappa shape index (κ2) is 10.6. The maximum Gasteiger partial charge on any atom is 0.312 e. The van der Waals surface area contributed by atoms with E-state index in [0.29, 0.717) is 30.1 Å². The summed E-state index contributed by atoms with van der Waals surface area (Å²) in [6, 6.07) is 9.57. The molecule has 1 N–H and O–H groups in total. The predicted octanol–water partition coefficient (Wildman–Crippen LogP) is 6.15. The fourth-order valence-electron chi connectivity index (χ4n) is 5.04. The summed E-state index contributed by atoms with van der Waals surface area (Å²) < 4.78 is 13.5. The Kier molecular flexibility index (Phi) is 7.01. The summed E-state index contributed by atoms with van der Waals surface area (Å²) in [7, 11) is 0. The lowest BCUT2D eigenvalue weighted by Gasteiger charge is -2.11. The van der Waals surface area contributed by atoms with Gasteiger partial charge in [0.2, 0.25) is 5.91 Å². The number of carbonyl (C=O) groups excluding carboxylic acids is 1. The van der Waals surface area contributed by atoms with Gasteiger partial charge in [0.15, 0.2) is 0 Å². The second-order valence-corrected chi connectivity index (χ2v) is 9.60. The number of rotatable bonds is 9. The minimum Gasteiger partial charge on any atom is -0.461 e. The van der Waals surface area contributed by atoms with Crippen LogP contribution < -0.4 is 10.1 Å². The highest BCUT2D eigenvalue weighted by molar-refractivity contribution is 5.91. The first-order valence-electron chi connectivity index (χ1n) is 12.7. The molecule has 1 amide bonds. The van der Waals surface area contributed by atoms with Crippen molar-refractivity contribution in [2.45, 2.75) is 58.9 Å². The average molecular weight is 534 g/mol. The SMILES string of the molecule is Cc1nn(CCCC(=O)Nc2cc(Oc3ccc4oc5c(c4c3)CCCC5)cc([N+](=O)[O-])c2)c(C)c1[N+](=O)[O-]. The molecule has 0 radical (unpaired) electrons. The minimum atomic E-state index is -0.548. The van der Waals surface area contributed by atoms with Gasteiger partial charge in [-0.25, -0.2) is 0 Å². The number of amides is 1. The van der Waals surface area contributed by atoms with Crippen LogP contribution in [0.4, 0.5) is 17.1 Å². The number of carbonyl (C=O) groups is 1. The number of hydrogen-bond donors (Lipinski definition) is 1. The van der Waals surface area contributed by atoms with Crippen molar-refractivity contribution in [1.29, 1.82) is 0 Å². The van der Waals surface area contributed by atoms with Gasteiger partial charge in [0.05, 0.1) is 21.6 Å². The van der Waals surface area contributed by atoms with Gasteiger partial charge in [-0.3, -0.25) is 29.7 Å². The highest BCUT2D eigenvalue weighted by Crippen LogP contribution is 2.36. The van der Waals surface area contributed by atoms with Gasteiger partial charge < -0.3 is 14.5 Å². The Hall–Kier alpha value is -4.74. The Labute approximate surface area is 222 Å². The fourth-order valence-corrected chi connectivity index (χ4v) is 5.04. The number of ether oxygens (including phenoxy) is 1. The van der Waals surface area contributed by atoms with E-state index in [1.54, 1.807) is 19.9 Å². The van der Waals surface area contributed by atoms with Crippen LogP contribution in [-0.2, 0) is 24.2 Å². The number of aromatic nitrogens is 2. The zero-order valence-corrected chi connectivity index (χ0v) is 21.6. The van der Waals surface area contributed by atoms with Crippen molar-refractivity contribution in [2.75, 3.05) is 5.32 Å². The highest BCUT2D eigenvalue weighted by Gasteiger charge is 2.22. The third-order valence-electron chi connectivity index (χ3n) is 6.85. The van der Waals surface area contributed by atoms with Gasteiger partial charge in [0.1, 0.15) is 34.2 Å². The molecule has 202 valence electrons. The average Bonchev–Trinajstić information content (AvgIpc) is 3.39. The molecule has 0 atom stereocenters. The van der Waals surface area contributed by atoms with Crippen LogP contribution in [0.3, 0.4) is 0 Å². The number of anilines is 1. The van der Waals surface area contributed by atoms with Crippen molar-refractivity contribution in [3.8, 4) is 11.5 Å². The third-order valence-corrected chi connectivity index (χ3v) is 6.85. The van der Waals surface area contributed by atoms with Crippen LogP contribution in [0, 0.1) is 34.1 Å². The topological polar surface area (TPSA) is 156 Å². The fraction of sp³-hybridized carbons (Fsp3) is 0.333. The van der Waals surface area contributed by atoms with Gasteiger partial charge >= 0.3 is 5.69 Å². The van der Waals surface area contributed by atoms with Crippen LogP contribution in [0.2, 0.25) is 0 Å². The number of nitro groups is 2. The van der Waals surface area contributed by atoms with Gasteiger partial charge in [0, 0.05) is 42.5 Å². The van der Waals surface area contributed by atoms with Crippen LogP contribution in [-0.4, -0.2) is 25.5 Å². The number of benzene rings is 2. The molecule has 2 aromatic heterocycles. The summed E-state index contributed by atoms with van der Waals surface area (Å²) >= 11 is 0. The summed E-state index contributed by atoms with van der Waals surface area (Å²) in [5.74, 6) is 1.37. The standard InChI is InChI=1S/C27H27N5O7/c1-16-27(32(36)37)17(2)30(29-16)11-5-8-26(33)28-18-12-19(31(34)35)14-21(13-18)38-20-9-10-25-23(15-20)22-6-3-4-7-24(22)39-25/h9-10,12-15H,3-8,11H2,1-2H3,(H,28,33). The van der Waals surface area contributed by atoms with E-state index in [-0.39, 0.29) is 35.1 Å². The lowest BCUT2D eigenvalue weighted by molar-refractivity contribution is -0.386. The maximum atomic E-state index is 12.6. The molecular weight excluding hydrogens is 506 g/mol. The van der Waals surface area contributed by atoms with Gasteiger partial charge in [-0.15, -0.1) is 0 Å². The molecule has 1 aliphatic carbocycles. The summed E-state index contributed by atoms with van der Waals surface area (Å²) in [5, 5.41) is 30.6. The number of nitrogens with one attached hydrogen (secondary N) is 1. The van der Waals surface area contributed by atoms with Crippen molar-refractivity contribution >= 4 is 33.9 Å². The Morgan fingerprint density at radius 2 is 1.87 bits per heavy atom. The largest absolute Gasteiger partial charge is 0.461 e. The number of furan rings is 1. The lowest BCUT2D eigenvalue weighted by atomic mass is 9.96. The Balaban J connectivity index is 1.28. The molecule has 0 saturated heterocycles. The molecule has 2 heterocycles. The summed E-state index contributed by atoms with van der Waals surface area (Å²) in [5.41, 5.74) is 2.69. The van der Waals surface area contributed by atoms with Crippen molar-refractivity contribution in [3.05, 3.63) is 79.3 Å². The number of aryl methyl sites for hydroxylation is 4. The highest BCUT2D eigenvalue weighted by atomic mass is 16.6. The van der Waals surface area contributed by atoms with E-state index in [1.165, 1.54) is 28.4 Å². The van der Waals surface area contributed by atoms with Gasteiger partial charge in [-0.1, -0.05) is 0 Å². The first-order chi connectivity index (χ1) is 18.7. The normalized spacial score (nSPS) is 12.8. The van der Waals surface area contributed by atoms with Crippen molar-refractivity contribution in [2.24, 2.45) is 0 Å². The monoisotopic (exact) mass is 533 g/mol. The molecule has 39 heavy (non-hydrogen) atoms. The van der Waals surface area contributed by atoms with E-state index in [1.807, 2.05) is 12.1 Å². The molecule has 12 heteroatoms. The van der Waals surface area contributed by atoms with E-state index >= 15 is 0 Å². The van der Waals surface area contributed by atoms with E-state index in [2.05, 4.69) is 10.4 Å². The van der Waals surface area contributed by atoms with E-state index in [0.717, 1.165) is 42.4 Å². The number of fused-ring (bicyclic) bond motifs is 3. The third kappa shape index (κ3) is 5.44. The number of hydrogen-bond acceptors (Lipinski definition) is 8. The van der Waals surface area contributed by atoms with Gasteiger partial charge in [-0.05, 0) is 57.7 Å². The van der Waals surface area contributed by atoms with Crippen LogP contribution >= 0.6 is 0 Å². The molecule has 0 saturated carbocycles. The van der Waals surface area contributed by atoms with Crippen molar-refractivity contribution in [3.63, 3.8) is 0 Å². The summed E-state index contributed by atoms with van der Waals surface area (Å²) in [4.78, 5) is 34.3. The predicted molar refractivity (Wildman–Crippen MR) is 142 cm³/mol. The van der Waals surface area contributed by atoms with Gasteiger partial charge in [-0.2, -0.15) is 5.10 Å². The lowest BCUT2D eigenvalue weighted by Crippen LogP contribution is -2.13. The molecule has 0 bridgehead atoms. The van der Waals surface area contributed by atoms with Gasteiger partial charge in [0.25, 0.3) is 5.69 Å². The zero-order valence-electron chi connectivity index (χ0n) is 21.6. The van der Waals surface area contributed by atoms with Crippen LogP contribution in [0.1, 0.15) is 48.4 Å². The molecular formula is C27H27N5O7. The van der Waals surface area contributed by atoms with Crippen LogP contribution in [0.5, 0.6) is 11.5 Å². The Morgan fingerprint density at radius 1 is 1.08 bits per heavy atom. The molecule has 2 aromatic carbocycles. The molecule has 0 fully saturated rings. The molecule has 12 nitrogen and oxygen atoms in total. The molecule has 1 aliphatic rings. The van der Waals surface area contributed by atoms with E-state index < -0.39 is 9.85 Å². The van der Waals surface area contributed by atoms with Crippen molar-refractivity contribution in [1.82, 2.24) is 9.78 Å². The summed E-state index contributed by atoms with van der Waals surface area (Å²) in [6.07, 6.45) is 4.52. The number of nitro benzene ring substituents is 1. The van der Waals surface area contributed by atoms with Crippen LogP contribution in [0.25, 0.3) is 11.0 Å². The number of non-ortho nitro benzene ring substituents is 1. The van der Waals surface area contributed by atoms with Crippen LogP contribution in [0.15, 0.2) is 40.8 Å². The van der Waals surface area contributed by atoms with E-state index in [9.17, 15) is 25.0 Å². The Morgan fingerprint density at radius 3 is 2.62 bits per heavy atom. The second-order valence-electron chi connectivity index (χ2n) is 9.60. The van der Waals surface area contributed by atoms with E-state index in [4.69, 9.17) is 9.15 Å². The molecule has 0 unspecified atom stereocenters.